The van der Waals surface area contributed by atoms with Crippen molar-refractivity contribution in [2.45, 2.75) is 18.9 Å². The van der Waals surface area contributed by atoms with Gasteiger partial charge in [0.2, 0.25) is 5.28 Å². The molecule has 1 aromatic heterocycles. The van der Waals surface area contributed by atoms with Gasteiger partial charge in [0.05, 0.1) is 6.20 Å². The van der Waals surface area contributed by atoms with Crippen molar-refractivity contribution < 1.29 is 14.3 Å². The van der Waals surface area contributed by atoms with Crippen molar-refractivity contribution in [1.82, 2.24) is 14.9 Å². The van der Waals surface area contributed by atoms with Crippen molar-refractivity contribution in [1.29, 1.82) is 0 Å². The van der Waals surface area contributed by atoms with Crippen LogP contribution in [0.4, 0.5) is 15.0 Å². The fraction of sp³-hybridized carbons (Fsp3) is 0.545. The second-order valence-corrected chi connectivity index (χ2v) is 4.76. The number of anilines is 1. The molecule has 2 rings (SSSR count). The maximum Gasteiger partial charge on any atom is 0.407 e. The number of hydrogen-bond donors (Lipinski definition) is 1. The lowest BCUT2D eigenvalue weighted by atomic mass is 10.0. The molecule has 1 fully saturated rings. The Morgan fingerprint density at radius 1 is 1.58 bits per heavy atom. The summed E-state index contributed by atoms with van der Waals surface area (Å²) >= 11 is 5.66. The van der Waals surface area contributed by atoms with E-state index < -0.39 is 11.9 Å². The van der Waals surface area contributed by atoms with E-state index in [1.165, 1.54) is 4.90 Å². The summed E-state index contributed by atoms with van der Waals surface area (Å²) in [5.41, 5.74) is 0. The predicted molar refractivity (Wildman–Crippen MR) is 68.0 cm³/mol. The molecule has 0 aromatic carbocycles. The zero-order valence-electron chi connectivity index (χ0n) is 10.4. The molecule has 1 N–H and O–H groups in total. The highest BCUT2D eigenvalue weighted by Crippen LogP contribution is 2.23. The minimum atomic E-state index is -0.949. The summed E-state index contributed by atoms with van der Waals surface area (Å²) in [5.74, 6) is -0.342. The monoisotopic (exact) mass is 288 g/mol. The van der Waals surface area contributed by atoms with Crippen LogP contribution in [0.2, 0.25) is 5.28 Å². The molecule has 19 heavy (non-hydrogen) atoms. The number of rotatable bonds is 2. The number of halogens is 2. The summed E-state index contributed by atoms with van der Waals surface area (Å²) in [6, 6.07) is -0.0471. The zero-order chi connectivity index (χ0) is 14.0. The van der Waals surface area contributed by atoms with Gasteiger partial charge in [-0.1, -0.05) is 0 Å². The molecule has 1 saturated heterocycles. The second kappa shape index (κ2) is 5.56. The Hall–Kier alpha value is -1.63. The van der Waals surface area contributed by atoms with Crippen LogP contribution in [0.1, 0.15) is 12.8 Å². The maximum atomic E-state index is 13.6. The lowest BCUT2D eigenvalue weighted by Crippen LogP contribution is -2.45. The zero-order valence-corrected chi connectivity index (χ0v) is 11.1. The topological polar surface area (TPSA) is 69.6 Å². The summed E-state index contributed by atoms with van der Waals surface area (Å²) in [6.45, 7) is 1.07. The standard InChI is InChI=1S/C11H14ClFN4O2/c1-16(11(18)19)7-2-4-17(5-3-7)9-8(13)6-14-10(12)15-9/h6-7H,2-5H2,1H3,(H,18,19). The van der Waals surface area contributed by atoms with Crippen molar-refractivity contribution >= 4 is 23.5 Å². The number of carboxylic acid groups (broad SMARTS) is 1. The predicted octanol–water partition coefficient (Wildman–Crippen LogP) is 1.85. The Kier molecular flexibility index (Phi) is 4.04. The number of amides is 1. The minimum Gasteiger partial charge on any atom is -0.465 e. The third kappa shape index (κ3) is 3.04. The van der Waals surface area contributed by atoms with E-state index >= 15 is 0 Å². The van der Waals surface area contributed by atoms with Crippen molar-refractivity contribution in [3.8, 4) is 0 Å². The van der Waals surface area contributed by atoms with Crippen molar-refractivity contribution in [2.75, 3.05) is 25.0 Å². The van der Waals surface area contributed by atoms with Gasteiger partial charge in [-0.25, -0.2) is 14.2 Å². The molecule has 0 radical (unpaired) electrons. The van der Waals surface area contributed by atoms with Gasteiger partial charge in [-0.2, -0.15) is 4.98 Å². The van der Waals surface area contributed by atoms with E-state index in [2.05, 4.69) is 9.97 Å². The Bertz CT molecular complexity index is 480. The van der Waals surface area contributed by atoms with Gasteiger partial charge in [0, 0.05) is 26.2 Å². The molecular weight excluding hydrogens is 275 g/mol. The quantitative estimate of drug-likeness (QED) is 0.841. The molecule has 0 bridgehead atoms. The van der Waals surface area contributed by atoms with Crippen molar-refractivity contribution in [3.05, 3.63) is 17.3 Å². The molecule has 0 unspecified atom stereocenters. The first kappa shape index (κ1) is 13.8. The average molecular weight is 289 g/mol. The van der Waals surface area contributed by atoms with Gasteiger partial charge in [-0.05, 0) is 24.4 Å². The summed E-state index contributed by atoms with van der Waals surface area (Å²) < 4.78 is 13.6. The van der Waals surface area contributed by atoms with Crippen molar-refractivity contribution in [3.63, 3.8) is 0 Å². The fourth-order valence-electron chi connectivity index (χ4n) is 2.18. The molecule has 0 atom stereocenters. The van der Waals surface area contributed by atoms with Crippen LogP contribution in [0.5, 0.6) is 0 Å². The van der Waals surface area contributed by atoms with Crippen LogP contribution in [-0.2, 0) is 0 Å². The van der Waals surface area contributed by atoms with Gasteiger partial charge in [0.1, 0.15) is 0 Å². The molecule has 1 amide bonds. The van der Waals surface area contributed by atoms with Crippen LogP contribution < -0.4 is 4.90 Å². The van der Waals surface area contributed by atoms with E-state index in [1.807, 2.05) is 0 Å². The Morgan fingerprint density at radius 3 is 2.79 bits per heavy atom. The summed E-state index contributed by atoms with van der Waals surface area (Å²) in [5, 5.41) is 8.91. The summed E-state index contributed by atoms with van der Waals surface area (Å²) in [4.78, 5) is 21.4. The number of aromatic nitrogens is 2. The fourth-order valence-corrected chi connectivity index (χ4v) is 2.31. The largest absolute Gasteiger partial charge is 0.465 e. The van der Waals surface area contributed by atoms with E-state index in [1.54, 1.807) is 11.9 Å². The lowest BCUT2D eigenvalue weighted by molar-refractivity contribution is 0.131. The molecule has 104 valence electrons. The van der Waals surface area contributed by atoms with Gasteiger partial charge in [0.15, 0.2) is 11.6 Å². The number of hydrogen-bond acceptors (Lipinski definition) is 4. The van der Waals surface area contributed by atoms with Gasteiger partial charge in [-0.15, -0.1) is 0 Å². The third-order valence-corrected chi connectivity index (χ3v) is 3.49. The van der Waals surface area contributed by atoms with E-state index in [4.69, 9.17) is 16.7 Å². The van der Waals surface area contributed by atoms with E-state index in [9.17, 15) is 9.18 Å². The van der Waals surface area contributed by atoms with Gasteiger partial charge < -0.3 is 14.9 Å². The van der Waals surface area contributed by atoms with E-state index in [0.717, 1.165) is 6.20 Å². The van der Waals surface area contributed by atoms with Gasteiger partial charge in [0.25, 0.3) is 0 Å². The molecule has 1 aliphatic heterocycles. The van der Waals surface area contributed by atoms with Gasteiger partial charge >= 0.3 is 6.09 Å². The van der Waals surface area contributed by atoms with Crippen LogP contribution in [0.15, 0.2) is 6.20 Å². The summed E-state index contributed by atoms with van der Waals surface area (Å²) in [6.07, 6.45) is 1.35. The second-order valence-electron chi connectivity index (χ2n) is 4.42. The first-order valence-electron chi connectivity index (χ1n) is 5.87. The van der Waals surface area contributed by atoms with E-state index in [0.29, 0.717) is 25.9 Å². The van der Waals surface area contributed by atoms with E-state index in [-0.39, 0.29) is 17.1 Å². The third-order valence-electron chi connectivity index (χ3n) is 3.31. The first-order chi connectivity index (χ1) is 8.99. The molecule has 0 spiro atoms. The number of nitrogens with zero attached hydrogens (tertiary/aromatic N) is 4. The molecule has 1 aromatic rings. The molecule has 0 aliphatic carbocycles. The average Bonchev–Trinajstić information content (AvgIpc) is 2.41. The van der Waals surface area contributed by atoms with Crippen LogP contribution in [0.25, 0.3) is 0 Å². The Morgan fingerprint density at radius 2 is 2.21 bits per heavy atom. The summed E-state index contributed by atoms with van der Waals surface area (Å²) in [7, 11) is 1.55. The van der Waals surface area contributed by atoms with Gasteiger partial charge in [-0.3, -0.25) is 0 Å². The normalized spacial score (nSPS) is 16.5. The highest BCUT2D eigenvalue weighted by molar-refractivity contribution is 6.28. The van der Waals surface area contributed by atoms with Crippen LogP contribution in [-0.4, -0.2) is 52.2 Å². The Labute approximate surface area is 114 Å². The molecule has 1 aliphatic rings. The highest BCUT2D eigenvalue weighted by Gasteiger charge is 2.27. The molecule has 2 heterocycles. The number of piperidine rings is 1. The Balaban J connectivity index is 2.04. The highest BCUT2D eigenvalue weighted by atomic mass is 35.5. The van der Waals surface area contributed by atoms with Crippen LogP contribution in [0.3, 0.4) is 0 Å². The first-order valence-corrected chi connectivity index (χ1v) is 6.25. The minimum absolute atomic E-state index is 0.00109. The van der Waals surface area contributed by atoms with Crippen molar-refractivity contribution in [2.24, 2.45) is 0 Å². The molecule has 6 nitrogen and oxygen atoms in total. The smallest absolute Gasteiger partial charge is 0.407 e. The number of carbonyl (C=O) groups is 1. The SMILES string of the molecule is CN(C(=O)O)C1CCN(c2nc(Cl)ncc2F)CC1. The van der Waals surface area contributed by atoms with Crippen LogP contribution in [0, 0.1) is 5.82 Å². The van der Waals surface area contributed by atoms with Crippen LogP contribution >= 0.6 is 11.6 Å². The molecule has 0 saturated carbocycles. The molecular formula is C11H14ClFN4O2. The molecule has 8 heteroatoms. The lowest BCUT2D eigenvalue weighted by Gasteiger charge is -2.36. The maximum absolute atomic E-state index is 13.6.